The van der Waals surface area contributed by atoms with E-state index in [1.165, 1.54) is 0 Å². The summed E-state index contributed by atoms with van der Waals surface area (Å²) in [4.78, 5) is 14.5. The molecule has 1 amide bonds. The van der Waals surface area contributed by atoms with Gasteiger partial charge < -0.3 is 10.2 Å². The smallest absolute Gasteiger partial charge is 0.254 e. The van der Waals surface area contributed by atoms with E-state index in [2.05, 4.69) is 18.3 Å². The molecule has 4 heteroatoms. The fourth-order valence-electron chi connectivity index (χ4n) is 3.32. The molecule has 2 saturated heterocycles. The number of fused-ring (bicyclic) bond motifs is 1. The molecule has 3 atom stereocenters. The minimum absolute atomic E-state index is 0.0546. The van der Waals surface area contributed by atoms with Crippen LogP contribution in [0.3, 0.4) is 0 Å². The number of amides is 1. The van der Waals surface area contributed by atoms with Crippen LogP contribution in [-0.4, -0.2) is 36.5 Å². The number of carbonyl (C=O) groups is 1. The van der Waals surface area contributed by atoms with Crippen LogP contribution >= 0.6 is 0 Å². The predicted octanol–water partition coefficient (Wildman–Crippen LogP) is 1.24. The number of nitrogens with one attached hydrogen (secondary N) is 1. The first-order chi connectivity index (χ1) is 9.20. The molecule has 19 heavy (non-hydrogen) atoms. The van der Waals surface area contributed by atoms with Gasteiger partial charge in [-0.05, 0) is 37.0 Å². The second kappa shape index (κ2) is 4.67. The van der Waals surface area contributed by atoms with E-state index in [4.69, 9.17) is 5.26 Å². The van der Waals surface area contributed by atoms with Crippen molar-refractivity contribution >= 4 is 5.91 Å². The predicted molar refractivity (Wildman–Crippen MR) is 71.5 cm³/mol. The fourth-order valence-corrected chi connectivity index (χ4v) is 3.32. The highest BCUT2D eigenvalue weighted by Crippen LogP contribution is 2.33. The van der Waals surface area contributed by atoms with Crippen molar-refractivity contribution in [2.45, 2.75) is 13.0 Å². The van der Waals surface area contributed by atoms with Gasteiger partial charge in [0.1, 0.15) is 0 Å². The molecule has 2 heterocycles. The van der Waals surface area contributed by atoms with Crippen molar-refractivity contribution in [3.8, 4) is 6.07 Å². The first-order valence-electron chi connectivity index (χ1n) is 6.72. The summed E-state index contributed by atoms with van der Waals surface area (Å²) in [5.74, 6) is 1.21. The van der Waals surface area contributed by atoms with Gasteiger partial charge in [0.05, 0.1) is 11.6 Å². The molecule has 2 aliphatic rings. The topological polar surface area (TPSA) is 56.1 Å². The summed E-state index contributed by atoms with van der Waals surface area (Å²) in [6, 6.07) is 9.33. The monoisotopic (exact) mass is 255 g/mol. The van der Waals surface area contributed by atoms with Crippen LogP contribution in [0.15, 0.2) is 24.3 Å². The number of rotatable bonds is 1. The molecular weight excluding hydrogens is 238 g/mol. The minimum atomic E-state index is 0.0546. The Labute approximate surface area is 113 Å². The maximum Gasteiger partial charge on any atom is 0.254 e. The van der Waals surface area contributed by atoms with E-state index in [0.717, 1.165) is 19.6 Å². The molecule has 0 saturated carbocycles. The first kappa shape index (κ1) is 12.2. The molecule has 1 N–H and O–H groups in total. The van der Waals surface area contributed by atoms with Crippen LogP contribution in [0.1, 0.15) is 22.8 Å². The van der Waals surface area contributed by atoms with Gasteiger partial charge >= 0.3 is 0 Å². The zero-order valence-corrected chi connectivity index (χ0v) is 11.0. The zero-order chi connectivity index (χ0) is 13.4. The molecule has 0 spiro atoms. The fraction of sp³-hybridized carbons (Fsp3) is 0.467. The molecule has 2 fully saturated rings. The Morgan fingerprint density at radius 3 is 3.05 bits per heavy atom. The summed E-state index contributed by atoms with van der Waals surface area (Å²) in [5, 5.41) is 12.3. The van der Waals surface area contributed by atoms with Gasteiger partial charge in [0.15, 0.2) is 0 Å². The highest BCUT2D eigenvalue weighted by Gasteiger charge is 2.43. The largest absolute Gasteiger partial charge is 0.335 e. The van der Waals surface area contributed by atoms with E-state index >= 15 is 0 Å². The van der Waals surface area contributed by atoms with E-state index in [1.54, 1.807) is 24.3 Å². The average molecular weight is 255 g/mol. The third kappa shape index (κ3) is 2.00. The number of nitrogens with zero attached hydrogens (tertiary/aromatic N) is 2. The van der Waals surface area contributed by atoms with Crippen molar-refractivity contribution in [1.82, 2.24) is 10.2 Å². The van der Waals surface area contributed by atoms with Gasteiger partial charge in [0.2, 0.25) is 0 Å². The number of likely N-dealkylation sites (tertiary alicyclic amines) is 1. The van der Waals surface area contributed by atoms with Crippen LogP contribution < -0.4 is 5.32 Å². The lowest BCUT2D eigenvalue weighted by molar-refractivity contribution is 0.0728. The quantitative estimate of drug-likeness (QED) is 0.821. The van der Waals surface area contributed by atoms with E-state index in [-0.39, 0.29) is 11.9 Å². The van der Waals surface area contributed by atoms with Crippen LogP contribution in [-0.2, 0) is 0 Å². The van der Waals surface area contributed by atoms with E-state index in [1.807, 2.05) is 4.90 Å². The van der Waals surface area contributed by atoms with Crippen LogP contribution in [0.25, 0.3) is 0 Å². The van der Waals surface area contributed by atoms with E-state index in [0.29, 0.717) is 23.0 Å². The van der Waals surface area contributed by atoms with Gasteiger partial charge in [0, 0.05) is 31.2 Å². The molecule has 98 valence electrons. The van der Waals surface area contributed by atoms with Crippen LogP contribution in [0.5, 0.6) is 0 Å². The van der Waals surface area contributed by atoms with Crippen LogP contribution in [0.4, 0.5) is 0 Å². The lowest BCUT2D eigenvalue weighted by Crippen LogP contribution is -2.38. The van der Waals surface area contributed by atoms with Gasteiger partial charge in [-0.1, -0.05) is 6.07 Å². The minimum Gasteiger partial charge on any atom is -0.335 e. The second-order valence-electron chi connectivity index (χ2n) is 5.47. The maximum absolute atomic E-state index is 12.6. The van der Waals surface area contributed by atoms with Crippen molar-refractivity contribution in [3.63, 3.8) is 0 Å². The summed E-state index contributed by atoms with van der Waals surface area (Å²) in [7, 11) is 0. The third-order valence-electron chi connectivity index (χ3n) is 4.43. The summed E-state index contributed by atoms with van der Waals surface area (Å²) in [6.45, 7) is 4.98. The third-order valence-corrected chi connectivity index (χ3v) is 4.43. The Hall–Kier alpha value is -1.86. The number of carbonyl (C=O) groups excluding carboxylic acids is 1. The molecule has 2 aliphatic heterocycles. The second-order valence-corrected chi connectivity index (χ2v) is 5.47. The van der Waals surface area contributed by atoms with Crippen molar-refractivity contribution < 1.29 is 4.79 Å². The Balaban J connectivity index is 1.83. The maximum atomic E-state index is 12.6. The Morgan fingerprint density at radius 2 is 2.32 bits per heavy atom. The van der Waals surface area contributed by atoms with Crippen molar-refractivity contribution in [2.24, 2.45) is 11.8 Å². The molecule has 0 radical (unpaired) electrons. The molecule has 0 bridgehead atoms. The van der Waals surface area contributed by atoms with E-state index in [9.17, 15) is 4.79 Å². The SMILES string of the molecule is CC1C2CNCC2CN1C(=O)c1cccc(C#N)c1. The lowest BCUT2D eigenvalue weighted by Gasteiger charge is -2.24. The molecule has 1 aromatic rings. The number of nitriles is 1. The Bertz CT molecular complexity index is 549. The van der Waals surface area contributed by atoms with Gasteiger partial charge in [-0.2, -0.15) is 5.26 Å². The molecule has 3 unspecified atom stereocenters. The lowest BCUT2D eigenvalue weighted by atomic mass is 9.95. The summed E-state index contributed by atoms with van der Waals surface area (Å²) in [5.41, 5.74) is 1.17. The highest BCUT2D eigenvalue weighted by molar-refractivity contribution is 5.95. The van der Waals surface area contributed by atoms with Gasteiger partial charge in [-0.25, -0.2) is 0 Å². The van der Waals surface area contributed by atoms with Crippen molar-refractivity contribution in [1.29, 1.82) is 5.26 Å². The highest BCUT2D eigenvalue weighted by atomic mass is 16.2. The summed E-state index contributed by atoms with van der Waals surface area (Å²) < 4.78 is 0. The number of benzene rings is 1. The standard InChI is InChI=1S/C15H17N3O/c1-10-14-8-17-7-13(14)9-18(10)15(19)12-4-2-3-11(5-12)6-16/h2-5,10,13-14,17H,7-9H2,1H3. The van der Waals surface area contributed by atoms with Gasteiger partial charge in [-0.3, -0.25) is 4.79 Å². The number of hydrogen-bond acceptors (Lipinski definition) is 3. The van der Waals surface area contributed by atoms with Crippen molar-refractivity contribution in [3.05, 3.63) is 35.4 Å². The Morgan fingerprint density at radius 1 is 1.47 bits per heavy atom. The molecule has 0 aromatic heterocycles. The van der Waals surface area contributed by atoms with Gasteiger partial charge in [-0.15, -0.1) is 0 Å². The summed E-state index contributed by atoms with van der Waals surface area (Å²) in [6.07, 6.45) is 0. The number of hydrogen-bond donors (Lipinski definition) is 1. The normalized spacial score (nSPS) is 29.1. The van der Waals surface area contributed by atoms with Crippen LogP contribution in [0, 0.1) is 23.2 Å². The first-order valence-corrected chi connectivity index (χ1v) is 6.72. The molecule has 1 aromatic carbocycles. The van der Waals surface area contributed by atoms with Gasteiger partial charge in [0.25, 0.3) is 5.91 Å². The average Bonchev–Trinajstić information content (AvgIpc) is 3.01. The van der Waals surface area contributed by atoms with Crippen LogP contribution in [0.2, 0.25) is 0 Å². The molecular formula is C15H17N3O. The Kier molecular flexibility index (Phi) is 3.00. The summed E-state index contributed by atoms with van der Waals surface area (Å²) >= 11 is 0. The molecule has 3 rings (SSSR count). The van der Waals surface area contributed by atoms with E-state index < -0.39 is 0 Å². The molecule has 4 nitrogen and oxygen atoms in total. The molecule has 0 aliphatic carbocycles. The van der Waals surface area contributed by atoms with Crippen molar-refractivity contribution in [2.75, 3.05) is 19.6 Å². The zero-order valence-electron chi connectivity index (χ0n) is 11.0.